The molecule has 0 spiro atoms. The van der Waals surface area contributed by atoms with Gasteiger partial charge < -0.3 is 33.8 Å². The van der Waals surface area contributed by atoms with Crippen LogP contribution in [-0.4, -0.2) is 96.7 Å². The van der Waals surface area contributed by atoms with Crippen molar-refractivity contribution in [3.8, 4) is 0 Å². The van der Waals surface area contributed by atoms with E-state index >= 15 is 0 Å². The fourth-order valence-electron chi connectivity index (χ4n) is 13.2. The highest BCUT2D eigenvalue weighted by molar-refractivity contribution is 7.47. The number of hydrogen-bond acceptors (Lipinski definition) is 15. The van der Waals surface area contributed by atoms with Crippen LogP contribution in [0.2, 0.25) is 0 Å². The monoisotopic (exact) mass is 1520 g/mol. The Labute approximate surface area is 638 Å². The number of phosphoric ester groups is 2. The lowest BCUT2D eigenvalue weighted by molar-refractivity contribution is -0.161. The lowest BCUT2D eigenvalue weighted by Crippen LogP contribution is -2.30. The van der Waals surface area contributed by atoms with Crippen LogP contribution < -0.4 is 0 Å². The Balaban J connectivity index is 5.25. The van der Waals surface area contributed by atoms with E-state index in [2.05, 4.69) is 48.5 Å². The van der Waals surface area contributed by atoms with Crippen LogP contribution >= 0.6 is 15.6 Å². The van der Waals surface area contributed by atoms with Crippen molar-refractivity contribution in [2.45, 2.75) is 465 Å². The van der Waals surface area contributed by atoms with Crippen molar-refractivity contribution in [2.75, 3.05) is 39.6 Å². The maximum Gasteiger partial charge on any atom is 0.472 e. The van der Waals surface area contributed by atoms with E-state index in [9.17, 15) is 43.2 Å². The van der Waals surface area contributed by atoms with Crippen LogP contribution in [0, 0.1) is 17.8 Å². The molecular weight excluding hydrogens is 1350 g/mol. The average molecular weight is 1520 g/mol. The zero-order chi connectivity index (χ0) is 76.5. The molecule has 0 saturated heterocycles. The largest absolute Gasteiger partial charge is 0.472 e. The van der Waals surface area contributed by atoms with Gasteiger partial charge in [0.15, 0.2) is 12.2 Å². The zero-order valence-corrected chi connectivity index (χ0v) is 70.3. The van der Waals surface area contributed by atoms with Gasteiger partial charge in [-0.15, -0.1) is 0 Å². The van der Waals surface area contributed by atoms with E-state index in [-0.39, 0.29) is 25.7 Å². The van der Waals surface area contributed by atoms with Crippen LogP contribution in [0.3, 0.4) is 0 Å². The summed E-state index contributed by atoms with van der Waals surface area (Å²) in [5.74, 6) is 0.246. The molecule has 0 aromatic rings. The second kappa shape index (κ2) is 75.1. The summed E-state index contributed by atoms with van der Waals surface area (Å²) in [7, 11) is -9.93. The quantitative estimate of drug-likeness (QED) is 0.0222. The summed E-state index contributed by atoms with van der Waals surface area (Å²) in [6.07, 6.45) is 65.2. The van der Waals surface area contributed by atoms with Crippen LogP contribution in [0.1, 0.15) is 447 Å². The third-order valence-corrected chi connectivity index (χ3v) is 22.1. The molecule has 19 heteroatoms. The Morgan fingerprint density at radius 1 is 0.279 bits per heavy atom. The third kappa shape index (κ3) is 76.8. The molecule has 0 aromatic heterocycles. The molecule has 618 valence electrons. The number of aliphatic hydroxyl groups excluding tert-OH is 1. The smallest absolute Gasteiger partial charge is 0.462 e. The van der Waals surface area contributed by atoms with Crippen molar-refractivity contribution in [1.82, 2.24) is 0 Å². The fourth-order valence-corrected chi connectivity index (χ4v) is 14.7. The molecule has 0 saturated carbocycles. The number of unbranched alkanes of at least 4 members (excludes halogenated alkanes) is 50. The molecule has 0 radical (unpaired) electrons. The Kier molecular flexibility index (Phi) is 73.7. The summed E-state index contributed by atoms with van der Waals surface area (Å²) in [6, 6.07) is 0. The van der Waals surface area contributed by atoms with E-state index in [4.69, 9.17) is 37.0 Å². The first kappa shape index (κ1) is 102. The van der Waals surface area contributed by atoms with Crippen molar-refractivity contribution in [3.63, 3.8) is 0 Å². The molecule has 3 N–H and O–H groups in total. The molecule has 0 heterocycles. The maximum atomic E-state index is 13.1. The van der Waals surface area contributed by atoms with Gasteiger partial charge >= 0.3 is 39.5 Å². The molecule has 6 atom stereocenters. The summed E-state index contributed by atoms with van der Waals surface area (Å²) >= 11 is 0. The minimum Gasteiger partial charge on any atom is -0.462 e. The zero-order valence-electron chi connectivity index (χ0n) is 68.5. The first-order valence-electron chi connectivity index (χ1n) is 43.9. The molecule has 0 amide bonds. The Morgan fingerprint density at radius 3 is 0.731 bits per heavy atom. The van der Waals surface area contributed by atoms with Gasteiger partial charge in [-0.25, -0.2) is 9.13 Å². The van der Waals surface area contributed by atoms with Crippen LogP contribution in [0.25, 0.3) is 0 Å². The third-order valence-electron chi connectivity index (χ3n) is 20.2. The van der Waals surface area contributed by atoms with Crippen LogP contribution in [0.5, 0.6) is 0 Å². The van der Waals surface area contributed by atoms with E-state index in [0.29, 0.717) is 25.7 Å². The molecule has 0 aromatic carbocycles. The van der Waals surface area contributed by atoms with Crippen molar-refractivity contribution >= 4 is 39.5 Å². The number of carbonyl (C=O) groups excluding carboxylic acids is 4. The van der Waals surface area contributed by atoms with Gasteiger partial charge in [-0.2, -0.15) is 0 Å². The van der Waals surface area contributed by atoms with Crippen molar-refractivity contribution in [2.24, 2.45) is 17.8 Å². The van der Waals surface area contributed by atoms with Crippen LogP contribution in [-0.2, 0) is 65.4 Å². The summed E-state index contributed by atoms with van der Waals surface area (Å²) in [6.45, 7) is 12.0. The number of carbonyl (C=O) groups is 4. The molecule has 0 aliphatic rings. The topological polar surface area (TPSA) is 237 Å². The normalized spacial score (nSPS) is 14.2. The predicted octanol–water partition coefficient (Wildman–Crippen LogP) is 25.7. The van der Waals surface area contributed by atoms with Gasteiger partial charge in [0.25, 0.3) is 0 Å². The Hall–Kier alpha value is -1.94. The van der Waals surface area contributed by atoms with Gasteiger partial charge in [0.2, 0.25) is 0 Å². The van der Waals surface area contributed by atoms with Gasteiger partial charge in [0.1, 0.15) is 19.3 Å². The molecular formula is C85H166O17P2. The summed E-state index contributed by atoms with van der Waals surface area (Å²) in [4.78, 5) is 73.2. The highest BCUT2D eigenvalue weighted by Crippen LogP contribution is 2.45. The number of ether oxygens (including phenoxy) is 4. The van der Waals surface area contributed by atoms with E-state index < -0.39 is 97.5 Å². The highest BCUT2D eigenvalue weighted by Gasteiger charge is 2.30. The minimum atomic E-state index is -4.97. The molecule has 0 aliphatic heterocycles. The number of rotatable bonds is 83. The van der Waals surface area contributed by atoms with E-state index in [1.165, 1.54) is 257 Å². The first-order chi connectivity index (χ1) is 50.3. The lowest BCUT2D eigenvalue weighted by atomic mass is 9.99. The van der Waals surface area contributed by atoms with E-state index in [1.807, 2.05) is 0 Å². The van der Waals surface area contributed by atoms with E-state index in [0.717, 1.165) is 108 Å². The summed E-state index contributed by atoms with van der Waals surface area (Å²) in [5.41, 5.74) is 0. The standard InChI is InChI=1S/C85H166O17P2/c1-8-10-11-12-13-14-15-16-17-18-19-20-21-22-27-33-38-47-54-61-68-84(89)101-80(72-95-82(87)66-59-52-45-37-32-26-24-23-25-31-36-44-51-58-65-78(7)9-2)74-99-103(91,92)97-70-79(86)71-98-104(93,94)100-75-81(73-96-83(88)67-60-53-46-41-40-43-50-57-64-77(5)6)102-85(90)69-62-55-48-39-34-29-28-30-35-42-49-56-63-76(3)4/h76-81,86H,8-75H2,1-7H3,(H,91,92)(H,93,94)/t78?,79-,80-,81-/m1/s1. The second-order valence-corrected chi connectivity index (χ2v) is 34.7. The van der Waals surface area contributed by atoms with Crippen LogP contribution in [0.4, 0.5) is 0 Å². The predicted molar refractivity (Wildman–Crippen MR) is 428 cm³/mol. The molecule has 0 aliphatic carbocycles. The first-order valence-corrected chi connectivity index (χ1v) is 46.9. The number of phosphoric acid groups is 2. The molecule has 0 fully saturated rings. The van der Waals surface area contributed by atoms with E-state index in [1.54, 1.807) is 0 Å². The number of esters is 4. The van der Waals surface area contributed by atoms with Crippen molar-refractivity contribution in [3.05, 3.63) is 0 Å². The molecule has 17 nitrogen and oxygen atoms in total. The Morgan fingerprint density at radius 2 is 0.490 bits per heavy atom. The fraction of sp³-hybridized carbons (Fsp3) is 0.953. The lowest BCUT2D eigenvalue weighted by Gasteiger charge is -2.21. The SMILES string of the molecule is CCCCCCCCCCCCCCCCCCCCCCC(=O)O[C@H](COC(=O)CCCCCCCCCCCCCCCCC(C)CC)COP(=O)(O)OC[C@@H](O)COP(=O)(O)OC[C@@H](COC(=O)CCCCCCCCCCC(C)C)OC(=O)CCCCCCCCCCCCCCC(C)C. The van der Waals surface area contributed by atoms with Gasteiger partial charge in [0.05, 0.1) is 26.4 Å². The highest BCUT2D eigenvalue weighted by atomic mass is 31.2. The van der Waals surface area contributed by atoms with Crippen LogP contribution in [0.15, 0.2) is 0 Å². The number of aliphatic hydroxyl groups is 1. The summed E-state index contributed by atoms with van der Waals surface area (Å²) in [5, 5.41) is 10.7. The van der Waals surface area contributed by atoms with Gasteiger partial charge in [-0.05, 0) is 43.4 Å². The number of hydrogen-bond donors (Lipinski definition) is 3. The summed E-state index contributed by atoms with van der Waals surface area (Å²) < 4.78 is 68.9. The minimum absolute atomic E-state index is 0.106. The molecule has 0 bridgehead atoms. The molecule has 0 rings (SSSR count). The molecule has 3 unspecified atom stereocenters. The maximum absolute atomic E-state index is 13.1. The Bertz CT molecular complexity index is 2010. The molecule has 104 heavy (non-hydrogen) atoms. The average Bonchev–Trinajstić information content (AvgIpc) is 0.910. The van der Waals surface area contributed by atoms with Gasteiger partial charge in [-0.3, -0.25) is 37.3 Å². The van der Waals surface area contributed by atoms with Crippen molar-refractivity contribution in [1.29, 1.82) is 0 Å². The van der Waals surface area contributed by atoms with Gasteiger partial charge in [0, 0.05) is 25.7 Å². The van der Waals surface area contributed by atoms with Crippen molar-refractivity contribution < 1.29 is 80.2 Å². The second-order valence-electron chi connectivity index (χ2n) is 31.8. The van der Waals surface area contributed by atoms with Gasteiger partial charge in [-0.1, -0.05) is 395 Å².